The Balaban J connectivity index is 2.65. The Morgan fingerprint density at radius 1 is 1.62 bits per heavy atom. The molecule has 1 rings (SSSR count). The fourth-order valence-corrected chi connectivity index (χ4v) is 0.516. The van der Waals surface area contributed by atoms with Crippen LogP contribution < -0.4 is 16.6 Å². The molecular weight excluding hydrogens is 172 g/mol. The summed E-state index contributed by atoms with van der Waals surface area (Å²) >= 11 is 3.14. The molecule has 0 saturated heterocycles. The third-order valence-corrected chi connectivity index (χ3v) is 1.03. The van der Waals surface area contributed by atoms with Crippen LogP contribution in [0.5, 0.6) is 0 Å². The van der Waals surface area contributed by atoms with Crippen molar-refractivity contribution in [2.45, 2.75) is 0 Å². The predicted molar refractivity (Wildman–Crippen MR) is 34.9 cm³/mol. The molecule has 8 heavy (non-hydrogen) atoms. The van der Waals surface area contributed by atoms with Gasteiger partial charge in [-0.15, -0.1) is 0 Å². The predicted octanol–water partition coefficient (Wildman–Crippen LogP) is -0.397. The molecule has 1 aliphatic heterocycles. The lowest BCUT2D eigenvalue weighted by Crippen LogP contribution is -2.42. The van der Waals surface area contributed by atoms with Gasteiger partial charge in [-0.25, -0.2) is 4.99 Å². The number of hydrazine groups is 1. The highest BCUT2D eigenvalue weighted by Gasteiger charge is 1.95. The Kier molecular flexibility index (Phi) is 1.38. The third-order valence-electron chi connectivity index (χ3n) is 0.627. The van der Waals surface area contributed by atoms with E-state index in [-0.39, 0.29) is 0 Å². The molecule has 0 aliphatic carbocycles. The molecule has 0 radical (unpaired) electrons. The normalized spacial score (nSPS) is 17.6. The van der Waals surface area contributed by atoms with Crippen LogP contribution in [0.25, 0.3) is 0 Å². The Bertz CT molecular complexity index is 131. The Morgan fingerprint density at radius 3 is 2.75 bits per heavy atom. The number of hydrogen-bond donors (Lipinski definition) is 3. The standard InChI is InChI=1S/C3H5BrN4/c4-2-1-6-3(5)8-7-2/h1,7H,(H3,5,6,8). The van der Waals surface area contributed by atoms with E-state index in [2.05, 4.69) is 31.8 Å². The fraction of sp³-hybridized carbons (Fsp3) is 0. The molecule has 0 aromatic rings. The molecule has 1 heterocycles. The van der Waals surface area contributed by atoms with Crippen LogP contribution in [-0.2, 0) is 0 Å². The molecule has 0 atom stereocenters. The highest BCUT2D eigenvalue weighted by molar-refractivity contribution is 9.11. The van der Waals surface area contributed by atoms with Gasteiger partial charge in [0.05, 0.1) is 6.20 Å². The van der Waals surface area contributed by atoms with Gasteiger partial charge >= 0.3 is 0 Å². The topological polar surface area (TPSA) is 62.4 Å². The Morgan fingerprint density at radius 2 is 2.38 bits per heavy atom. The highest BCUT2D eigenvalue weighted by atomic mass is 79.9. The monoisotopic (exact) mass is 176 g/mol. The molecule has 0 spiro atoms. The van der Waals surface area contributed by atoms with Crippen molar-refractivity contribution in [3.05, 3.63) is 10.8 Å². The van der Waals surface area contributed by atoms with E-state index in [0.717, 1.165) is 4.61 Å². The van der Waals surface area contributed by atoms with Gasteiger partial charge in [0.25, 0.3) is 0 Å². The highest BCUT2D eigenvalue weighted by Crippen LogP contribution is 1.99. The van der Waals surface area contributed by atoms with Crippen molar-refractivity contribution in [2.24, 2.45) is 10.7 Å². The lowest BCUT2D eigenvalue weighted by molar-refractivity contribution is 0.783. The molecule has 4 N–H and O–H groups in total. The van der Waals surface area contributed by atoms with Crippen molar-refractivity contribution < 1.29 is 0 Å². The molecule has 44 valence electrons. The fourth-order valence-electron chi connectivity index (χ4n) is 0.315. The number of guanidine groups is 1. The summed E-state index contributed by atoms with van der Waals surface area (Å²) in [6, 6.07) is 0. The van der Waals surface area contributed by atoms with Crippen molar-refractivity contribution in [1.82, 2.24) is 10.9 Å². The summed E-state index contributed by atoms with van der Waals surface area (Å²) in [6.07, 6.45) is 1.58. The van der Waals surface area contributed by atoms with E-state index in [1.807, 2.05) is 0 Å². The summed E-state index contributed by atoms with van der Waals surface area (Å²) < 4.78 is 0.770. The number of nitrogens with one attached hydrogen (secondary N) is 2. The first-order valence-electron chi connectivity index (χ1n) is 2.00. The van der Waals surface area contributed by atoms with E-state index in [1.54, 1.807) is 6.20 Å². The van der Waals surface area contributed by atoms with Gasteiger partial charge in [-0.3, -0.25) is 10.9 Å². The Labute approximate surface area is 54.9 Å². The summed E-state index contributed by atoms with van der Waals surface area (Å²) in [4.78, 5) is 3.72. The van der Waals surface area contributed by atoms with Crippen molar-refractivity contribution in [3.63, 3.8) is 0 Å². The lowest BCUT2D eigenvalue weighted by atomic mass is 10.8. The molecule has 1 aliphatic rings. The van der Waals surface area contributed by atoms with Gasteiger partial charge in [0.15, 0.2) is 0 Å². The zero-order chi connectivity index (χ0) is 5.98. The van der Waals surface area contributed by atoms with Gasteiger partial charge in [-0.05, 0) is 15.9 Å². The summed E-state index contributed by atoms with van der Waals surface area (Å²) in [6.45, 7) is 0. The van der Waals surface area contributed by atoms with Crippen molar-refractivity contribution in [1.29, 1.82) is 0 Å². The van der Waals surface area contributed by atoms with Crippen LogP contribution in [-0.4, -0.2) is 5.96 Å². The van der Waals surface area contributed by atoms with Crippen LogP contribution in [0.1, 0.15) is 0 Å². The average Bonchev–Trinajstić information content (AvgIpc) is 1.77. The molecular formula is C3H5BrN4. The zero-order valence-electron chi connectivity index (χ0n) is 3.98. The van der Waals surface area contributed by atoms with Crippen LogP contribution in [0.2, 0.25) is 0 Å². The molecule has 0 aromatic heterocycles. The van der Waals surface area contributed by atoms with Gasteiger partial charge in [-0.2, -0.15) is 0 Å². The first kappa shape index (κ1) is 5.43. The molecule has 0 bridgehead atoms. The van der Waals surface area contributed by atoms with E-state index in [1.165, 1.54) is 0 Å². The van der Waals surface area contributed by atoms with E-state index < -0.39 is 0 Å². The molecule has 0 aromatic carbocycles. The maximum Gasteiger partial charge on any atom is 0.212 e. The zero-order valence-corrected chi connectivity index (χ0v) is 5.57. The van der Waals surface area contributed by atoms with Crippen molar-refractivity contribution in [2.75, 3.05) is 0 Å². The number of nitrogens with zero attached hydrogens (tertiary/aromatic N) is 1. The molecule has 0 amide bonds. The van der Waals surface area contributed by atoms with Crippen LogP contribution in [0.15, 0.2) is 15.8 Å². The van der Waals surface area contributed by atoms with Gasteiger partial charge in [0, 0.05) is 0 Å². The number of rotatable bonds is 0. The minimum absolute atomic E-state index is 0.369. The summed E-state index contributed by atoms with van der Waals surface area (Å²) in [7, 11) is 0. The second-order valence-electron chi connectivity index (χ2n) is 1.24. The van der Waals surface area contributed by atoms with Gasteiger partial charge < -0.3 is 5.73 Å². The Hall–Kier alpha value is -0.710. The number of nitrogens with two attached hydrogens (primary N) is 1. The summed E-state index contributed by atoms with van der Waals surface area (Å²) in [5.74, 6) is 0.369. The second kappa shape index (κ2) is 2.04. The summed E-state index contributed by atoms with van der Waals surface area (Å²) in [5.41, 5.74) is 10.5. The first-order chi connectivity index (χ1) is 3.79. The minimum Gasteiger partial charge on any atom is -0.368 e. The summed E-state index contributed by atoms with van der Waals surface area (Å²) in [5, 5.41) is 0. The maximum atomic E-state index is 5.21. The number of hydrogen-bond acceptors (Lipinski definition) is 4. The average molecular weight is 177 g/mol. The maximum absolute atomic E-state index is 5.21. The van der Waals surface area contributed by atoms with E-state index in [4.69, 9.17) is 5.73 Å². The quantitative estimate of drug-likeness (QED) is 0.441. The van der Waals surface area contributed by atoms with Gasteiger partial charge in [-0.1, -0.05) is 0 Å². The van der Waals surface area contributed by atoms with Gasteiger partial charge in [0.2, 0.25) is 5.96 Å². The smallest absolute Gasteiger partial charge is 0.212 e. The lowest BCUT2D eigenvalue weighted by Gasteiger charge is -2.09. The van der Waals surface area contributed by atoms with E-state index in [0.29, 0.717) is 5.96 Å². The van der Waals surface area contributed by atoms with E-state index in [9.17, 15) is 0 Å². The largest absolute Gasteiger partial charge is 0.368 e. The SMILES string of the molecule is NC1=NC=C(Br)NN1. The van der Waals surface area contributed by atoms with Crippen LogP contribution in [0.3, 0.4) is 0 Å². The van der Waals surface area contributed by atoms with E-state index >= 15 is 0 Å². The molecule has 0 fully saturated rings. The first-order valence-corrected chi connectivity index (χ1v) is 2.79. The minimum atomic E-state index is 0.369. The molecule has 4 nitrogen and oxygen atoms in total. The molecule has 0 unspecified atom stereocenters. The van der Waals surface area contributed by atoms with Crippen LogP contribution >= 0.6 is 15.9 Å². The van der Waals surface area contributed by atoms with Crippen molar-refractivity contribution >= 4 is 21.9 Å². The molecule has 5 heteroatoms. The number of halogens is 1. The third kappa shape index (κ3) is 1.13. The van der Waals surface area contributed by atoms with Crippen LogP contribution in [0.4, 0.5) is 0 Å². The second-order valence-corrected chi connectivity index (χ2v) is 2.10. The van der Waals surface area contributed by atoms with Crippen LogP contribution in [0, 0.1) is 0 Å². The van der Waals surface area contributed by atoms with Crippen molar-refractivity contribution in [3.8, 4) is 0 Å². The van der Waals surface area contributed by atoms with Gasteiger partial charge in [0.1, 0.15) is 4.61 Å². The molecule has 0 saturated carbocycles. The number of aliphatic imine (C=N–C) groups is 1.